The fourth-order valence-electron chi connectivity index (χ4n) is 3.50. The van der Waals surface area contributed by atoms with Crippen LogP contribution in [0.3, 0.4) is 0 Å². The molecule has 0 aromatic carbocycles. The molecule has 130 valence electrons. The largest absolute Gasteiger partial charge is 0.500 e. The number of methoxy groups -OCH3 is 2. The zero-order chi connectivity index (χ0) is 17.3. The van der Waals surface area contributed by atoms with E-state index in [-0.39, 0.29) is 11.3 Å². The Bertz CT molecular complexity index is 496. The summed E-state index contributed by atoms with van der Waals surface area (Å²) < 4.78 is 11.2. The second-order valence-corrected chi connectivity index (χ2v) is 7.29. The normalized spacial score (nSPS) is 22.4. The van der Waals surface area contributed by atoms with E-state index in [1.165, 1.54) is 0 Å². The minimum absolute atomic E-state index is 0.163. The average Bonchev–Trinajstić information content (AvgIpc) is 2.78. The van der Waals surface area contributed by atoms with Gasteiger partial charge in [-0.1, -0.05) is 0 Å². The van der Waals surface area contributed by atoms with Crippen molar-refractivity contribution < 1.29 is 14.3 Å². The number of likely N-dealkylation sites (tertiary alicyclic amines) is 1. The minimum atomic E-state index is -0.607. The number of amides is 1. The predicted molar refractivity (Wildman–Crippen MR) is 90.8 cm³/mol. The van der Waals surface area contributed by atoms with Crippen LogP contribution in [0.5, 0.6) is 0 Å². The van der Waals surface area contributed by atoms with Gasteiger partial charge in [0.05, 0.1) is 25.0 Å². The maximum Gasteiger partial charge on any atom is 0.236 e. The van der Waals surface area contributed by atoms with E-state index in [2.05, 4.69) is 32.8 Å². The molecule has 0 N–H and O–H groups in total. The monoisotopic (exact) mass is 322 g/mol. The van der Waals surface area contributed by atoms with E-state index >= 15 is 0 Å². The molecule has 0 unspecified atom stereocenters. The molecular formula is C18H30N2O3. The zero-order valence-corrected chi connectivity index (χ0v) is 15.3. The number of ether oxygens (including phenoxy) is 2. The Hall–Kier alpha value is -1.49. The fourth-order valence-corrected chi connectivity index (χ4v) is 3.50. The van der Waals surface area contributed by atoms with Gasteiger partial charge in [-0.15, -0.1) is 0 Å². The number of carbonyl (C=O) groups is 1. The molecule has 5 heteroatoms. The Balaban J connectivity index is 2.22. The highest BCUT2D eigenvalue weighted by molar-refractivity contribution is 5.89. The van der Waals surface area contributed by atoms with Crippen molar-refractivity contribution in [3.05, 3.63) is 23.7 Å². The lowest BCUT2D eigenvalue weighted by Crippen LogP contribution is -2.38. The Morgan fingerprint density at radius 1 is 1.17 bits per heavy atom. The summed E-state index contributed by atoms with van der Waals surface area (Å²) in [4.78, 5) is 17.1. The summed E-state index contributed by atoms with van der Waals surface area (Å²) in [7, 11) is 7.43. The van der Waals surface area contributed by atoms with Crippen molar-refractivity contribution in [1.82, 2.24) is 9.80 Å². The zero-order valence-electron chi connectivity index (χ0n) is 15.3. The van der Waals surface area contributed by atoms with Gasteiger partial charge in [-0.05, 0) is 59.5 Å². The standard InChI is InChI=1S/C18H30N2O3/c1-17(2)14(22-5)12-18(13-15(17)23-6)8-11-20(16(18)21)10-7-9-19(3)4/h12-13H,7-11H2,1-6H3. The van der Waals surface area contributed by atoms with Crippen LogP contribution in [0.4, 0.5) is 0 Å². The number of hydrogen-bond donors (Lipinski definition) is 0. The van der Waals surface area contributed by atoms with E-state index in [0.717, 1.165) is 44.0 Å². The van der Waals surface area contributed by atoms with Gasteiger partial charge in [0.1, 0.15) is 11.5 Å². The predicted octanol–water partition coefficient (Wildman–Crippen LogP) is 2.26. The first kappa shape index (κ1) is 17.9. The highest BCUT2D eigenvalue weighted by atomic mass is 16.5. The molecule has 2 aliphatic rings. The van der Waals surface area contributed by atoms with E-state index in [4.69, 9.17) is 9.47 Å². The van der Waals surface area contributed by atoms with E-state index in [1.807, 2.05) is 17.1 Å². The lowest BCUT2D eigenvalue weighted by atomic mass is 9.73. The van der Waals surface area contributed by atoms with Crippen molar-refractivity contribution in [2.24, 2.45) is 10.8 Å². The molecule has 1 heterocycles. The first-order valence-electron chi connectivity index (χ1n) is 8.25. The molecule has 1 fully saturated rings. The lowest BCUT2D eigenvalue weighted by Gasteiger charge is -2.37. The second kappa shape index (κ2) is 6.56. The van der Waals surface area contributed by atoms with Crippen molar-refractivity contribution in [3.8, 4) is 0 Å². The van der Waals surface area contributed by atoms with Crippen LogP contribution in [-0.2, 0) is 14.3 Å². The van der Waals surface area contributed by atoms with E-state index in [1.54, 1.807) is 14.2 Å². The maximum atomic E-state index is 13.0. The first-order chi connectivity index (χ1) is 10.8. The van der Waals surface area contributed by atoms with Gasteiger partial charge in [0.15, 0.2) is 0 Å². The molecule has 0 atom stereocenters. The Morgan fingerprint density at radius 3 is 2.22 bits per heavy atom. The van der Waals surface area contributed by atoms with Gasteiger partial charge < -0.3 is 19.3 Å². The number of carbonyl (C=O) groups excluding carboxylic acids is 1. The summed E-state index contributed by atoms with van der Waals surface area (Å²) in [5.74, 6) is 1.77. The molecule has 1 amide bonds. The van der Waals surface area contributed by atoms with Gasteiger partial charge in [0, 0.05) is 13.1 Å². The average molecular weight is 322 g/mol. The molecule has 5 nitrogen and oxygen atoms in total. The SMILES string of the molecule is COC1=CC2(C=C(OC)C1(C)C)CCN(CCCN(C)C)C2=O. The van der Waals surface area contributed by atoms with Crippen LogP contribution in [-0.4, -0.2) is 63.7 Å². The summed E-state index contributed by atoms with van der Waals surface area (Å²) in [5, 5.41) is 0. The molecule has 0 aromatic heterocycles. The molecule has 1 aliphatic carbocycles. The Morgan fingerprint density at radius 2 is 1.74 bits per heavy atom. The molecule has 0 saturated carbocycles. The topological polar surface area (TPSA) is 42.0 Å². The molecule has 1 saturated heterocycles. The smallest absolute Gasteiger partial charge is 0.236 e. The maximum absolute atomic E-state index is 13.0. The van der Waals surface area contributed by atoms with Crippen LogP contribution in [0.25, 0.3) is 0 Å². The quantitative estimate of drug-likeness (QED) is 0.752. The third-order valence-corrected chi connectivity index (χ3v) is 4.96. The van der Waals surface area contributed by atoms with E-state index in [0.29, 0.717) is 0 Å². The second-order valence-electron chi connectivity index (χ2n) is 7.29. The van der Waals surface area contributed by atoms with Crippen LogP contribution in [0, 0.1) is 10.8 Å². The molecule has 1 aliphatic heterocycles. The summed E-state index contributed by atoms with van der Waals surface area (Å²) in [6.45, 7) is 6.68. The Kier molecular flexibility index (Phi) is 5.09. The lowest BCUT2D eigenvalue weighted by molar-refractivity contribution is -0.132. The van der Waals surface area contributed by atoms with Gasteiger partial charge in [-0.25, -0.2) is 0 Å². The van der Waals surface area contributed by atoms with Crippen molar-refractivity contribution in [3.63, 3.8) is 0 Å². The summed E-state index contributed by atoms with van der Waals surface area (Å²) in [6, 6.07) is 0. The van der Waals surface area contributed by atoms with E-state index < -0.39 is 5.41 Å². The highest BCUT2D eigenvalue weighted by Crippen LogP contribution is 2.48. The number of hydrogen-bond acceptors (Lipinski definition) is 4. The van der Waals surface area contributed by atoms with Crippen LogP contribution in [0.15, 0.2) is 23.7 Å². The molecule has 1 spiro atoms. The highest BCUT2D eigenvalue weighted by Gasteiger charge is 2.49. The van der Waals surface area contributed by atoms with Gasteiger partial charge in [0.25, 0.3) is 0 Å². The van der Waals surface area contributed by atoms with Gasteiger partial charge in [-0.2, -0.15) is 0 Å². The third kappa shape index (κ3) is 3.25. The van der Waals surface area contributed by atoms with Crippen molar-refractivity contribution >= 4 is 5.91 Å². The van der Waals surface area contributed by atoms with Gasteiger partial charge in [-0.3, -0.25) is 4.79 Å². The van der Waals surface area contributed by atoms with Crippen LogP contribution in [0.2, 0.25) is 0 Å². The molecule has 0 radical (unpaired) electrons. The summed E-state index contributed by atoms with van der Waals surface area (Å²) in [6.07, 6.45) is 5.78. The number of rotatable bonds is 6. The van der Waals surface area contributed by atoms with Gasteiger partial charge in [0.2, 0.25) is 5.91 Å². The van der Waals surface area contributed by atoms with Crippen LogP contribution in [0.1, 0.15) is 26.7 Å². The summed E-state index contributed by atoms with van der Waals surface area (Å²) in [5.41, 5.74) is -0.947. The molecule has 23 heavy (non-hydrogen) atoms. The van der Waals surface area contributed by atoms with Crippen molar-refractivity contribution in [2.45, 2.75) is 26.7 Å². The van der Waals surface area contributed by atoms with Crippen LogP contribution < -0.4 is 0 Å². The fraction of sp³-hybridized carbons (Fsp3) is 0.722. The third-order valence-electron chi connectivity index (χ3n) is 4.96. The van der Waals surface area contributed by atoms with Gasteiger partial charge >= 0.3 is 0 Å². The van der Waals surface area contributed by atoms with Crippen LogP contribution >= 0.6 is 0 Å². The molecule has 0 bridgehead atoms. The molecule has 0 aromatic rings. The number of nitrogens with zero attached hydrogens (tertiary/aromatic N) is 2. The Labute approximate surface area is 139 Å². The first-order valence-corrected chi connectivity index (χ1v) is 8.25. The summed E-state index contributed by atoms with van der Waals surface area (Å²) >= 11 is 0. The minimum Gasteiger partial charge on any atom is -0.500 e. The van der Waals surface area contributed by atoms with Crippen molar-refractivity contribution in [2.75, 3.05) is 47.9 Å². The van der Waals surface area contributed by atoms with E-state index in [9.17, 15) is 4.79 Å². The van der Waals surface area contributed by atoms with Crippen molar-refractivity contribution in [1.29, 1.82) is 0 Å². The molecule has 2 rings (SSSR count). The molecular weight excluding hydrogens is 292 g/mol.